The van der Waals surface area contributed by atoms with E-state index in [1.165, 1.54) is 10.1 Å². The second kappa shape index (κ2) is 8.10. The molecule has 1 atom stereocenters. The fraction of sp³-hybridized carbons (Fsp3) is 0.182. The van der Waals surface area contributed by atoms with E-state index in [1.807, 2.05) is 55.5 Å². The van der Waals surface area contributed by atoms with Gasteiger partial charge in [0.05, 0.1) is 11.9 Å². The summed E-state index contributed by atoms with van der Waals surface area (Å²) in [6.45, 7) is 1.93. The maximum atomic E-state index is 12.7. The number of aromatic nitrogens is 4. The highest BCUT2D eigenvalue weighted by Gasteiger charge is 2.20. The SMILES string of the molecule is C[C@@H](CCc1ccccc1)NC(=O)c1nnn2cc(-c3ccccc3)[nH]c(=O)c12. The quantitative estimate of drug-likeness (QED) is 0.532. The molecule has 2 aromatic carbocycles. The molecule has 0 fully saturated rings. The maximum absolute atomic E-state index is 12.7. The van der Waals surface area contributed by atoms with Crippen molar-refractivity contribution in [3.05, 3.63) is 88.5 Å². The van der Waals surface area contributed by atoms with Crippen molar-refractivity contribution in [3.8, 4) is 11.3 Å². The van der Waals surface area contributed by atoms with E-state index in [2.05, 4.69) is 32.7 Å². The average molecular weight is 387 g/mol. The summed E-state index contributed by atoms with van der Waals surface area (Å²) in [5.74, 6) is -0.404. The Morgan fingerprint density at radius 2 is 1.79 bits per heavy atom. The Bertz CT molecular complexity index is 1180. The molecule has 2 aromatic heterocycles. The van der Waals surface area contributed by atoms with Gasteiger partial charge in [-0.3, -0.25) is 9.59 Å². The average Bonchev–Trinajstić information content (AvgIpc) is 3.18. The summed E-state index contributed by atoms with van der Waals surface area (Å²) < 4.78 is 1.35. The summed E-state index contributed by atoms with van der Waals surface area (Å²) in [7, 11) is 0. The number of amides is 1. The Morgan fingerprint density at radius 3 is 2.52 bits per heavy atom. The fourth-order valence-corrected chi connectivity index (χ4v) is 3.24. The first kappa shape index (κ1) is 18.6. The van der Waals surface area contributed by atoms with E-state index in [0.717, 1.165) is 18.4 Å². The van der Waals surface area contributed by atoms with Crippen LogP contribution in [0.2, 0.25) is 0 Å². The van der Waals surface area contributed by atoms with Gasteiger partial charge in [-0.05, 0) is 30.9 Å². The molecule has 0 spiro atoms. The highest BCUT2D eigenvalue weighted by Crippen LogP contribution is 2.15. The molecule has 2 N–H and O–H groups in total. The molecule has 0 radical (unpaired) electrons. The molecule has 0 aliphatic carbocycles. The lowest BCUT2D eigenvalue weighted by Crippen LogP contribution is -2.34. The van der Waals surface area contributed by atoms with Crippen LogP contribution in [0.4, 0.5) is 0 Å². The number of nitrogens with one attached hydrogen (secondary N) is 2. The van der Waals surface area contributed by atoms with Crippen molar-refractivity contribution in [1.82, 2.24) is 25.1 Å². The first-order chi connectivity index (χ1) is 14.1. The Hall–Kier alpha value is -3.74. The van der Waals surface area contributed by atoms with Gasteiger partial charge < -0.3 is 10.3 Å². The van der Waals surface area contributed by atoms with Gasteiger partial charge in [0.15, 0.2) is 11.2 Å². The van der Waals surface area contributed by atoms with Crippen LogP contribution in [0.15, 0.2) is 71.7 Å². The summed E-state index contributed by atoms with van der Waals surface area (Å²) in [5, 5.41) is 10.8. The molecule has 0 saturated heterocycles. The van der Waals surface area contributed by atoms with Crippen LogP contribution < -0.4 is 10.9 Å². The first-order valence-electron chi connectivity index (χ1n) is 9.50. The van der Waals surface area contributed by atoms with E-state index < -0.39 is 11.5 Å². The summed E-state index contributed by atoms with van der Waals surface area (Å²) in [6, 6.07) is 19.5. The molecule has 4 rings (SSSR count). The largest absolute Gasteiger partial charge is 0.348 e. The molecule has 0 aliphatic rings. The normalized spacial score (nSPS) is 12.0. The van der Waals surface area contributed by atoms with Gasteiger partial charge in [-0.1, -0.05) is 65.9 Å². The summed E-state index contributed by atoms with van der Waals surface area (Å²) in [4.78, 5) is 28.1. The smallest absolute Gasteiger partial charge is 0.276 e. The van der Waals surface area contributed by atoms with E-state index in [4.69, 9.17) is 0 Å². The summed E-state index contributed by atoms with van der Waals surface area (Å²) in [5.41, 5.74) is 2.43. The number of aryl methyl sites for hydroxylation is 1. The molecule has 2 heterocycles. The second-order valence-electron chi connectivity index (χ2n) is 6.99. The van der Waals surface area contributed by atoms with Crippen LogP contribution in [0.3, 0.4) is 0 Å². The van der Waals surface area contributed by atoms with Crippen molar-refractivity contribution in [2.24, 2.45) is 0 Å². The lowest BCUT2D eigenvalue weighted by molar-refractivity contribution is 0.0935. The van der Waals surface area contributed by atoms with Crippen LogP contribution in [0.25, 0.3) is 16.8 Å². The van der Waals surface area contributed by atoms with Crippen LogP contribution >= 0.6 is 0 Å². The van der Waals surface area contributed by atoms with Gasteiger partial charge in [-0.15, -0.1) is 5.10 Å². The number of benzene rings is 2. The third-order valence-electron chi connectivity index (χ3n) is 4.80. The van der Waals surface area contributed by atoms with Gasteiger partial charge in [0.1, 0.15) is 0 Å². The molecule has 0 bridgehead atoms. The van der Waals surface area contributed by atoms with Crippen molar-refractivity contribution < 1.29 is 4.79 Å². The molecule has 7 heteroatoms. The van der Waals surface area contributed by atoms with E-state index in [9.17, 15) is 9.59 Å². The van der Waals surface area contributed by atoms with Crippen molar-refractivity contribution >= 4 is 11.4 Å². The van der Waals surface area contributed by atoms with Gasteiger partial charge in [0, 0.05) is 6.04 Å². The summed E-state index contributed by atoms with van der Waals surface area (Å²) >= 11 is 0. The van der Waals surface area contributed by atoms with Crippen LogP contribution in [0.5, 0.6) is 0 Å². The zero-order valence-corrected chi connectivity index (χ0v) is 16.0. The summed E-state index contributed by atoms with van der Waals surface area (Å²) in [6.07, 6.45) is 3.30. The van der Waals surface area contributed by atoms with E-state index in [-0.39, 0.29) is 17.3 Å². The van der Waals surface area contributed by atoms with Crippen LogP contribution in [0, 0.1) is 0 Å². The molecule has 146 valence electrons. The van der Waals surface area contributed by atoms with E-state index >= 15 is 0 Å². The number of hydrogen-bond acceptors (Lipinski definition) is 4. The lowest BCUT2D eigenvalue weighted by Gasteiger charge is -2.12. The predicted molar refractivity (Wildman–Crippen MR) is 111 cm³/mol. The third kappa shape index (κ3) is 4.08. The third-order valence-corrected chi connectivity index (χ3v) is 4.80. The molecule has 29 heavy (non-hydrogen) atoms. The van der Waals surface area contributed by atoms with Gasteiger partial charge in [-0.25, -0.2) is 4.52 Å². The highest BCUT2D eigenvalue weighted by molar-refractivity contribution is 5.98. The van der Waals surface area contributed by atoms with Crippen molar-refractivity contribution in [3.63, 3.8) is 0 Å². The zero-order valence-electron chi connectivity index (χ0n) is 16.0. The monoisotopic (exact) mass is 387 g/mol. The minimum Gasteiger partial charge on any atom is -0.348 e. The minimum atomic E-state index is -0.404. The zero-order chi connectivity index (χ0) is 20.2. The first-order valence-corrected chi connectivity index (χ1v) is 9.50. The van der Waals surface area contributed by atoms with Crippen molar-refractivity contribution in [2.45, 2.75) is 25.8 Å². The number of carbonyl (C=O) groups excluding carboxylic acids is 1. The molecule has 7 nitrogen and oxygen atoms in total. The molecular formula is C22H21N5O2. The molecule has 0 saturated carbocycles. The molecule has 1 amide bonds. The molecular weight excluding hydrogens is 366 g/mol. The fourth-order valence-electron chi connectivity index (χ4n) is 3.24. The number of aromatic amines is 1. The van der Waals surface area contributed by atoms with Crippen molar-refractivity contribution in [2.75, 3.05) is 0 Å². The van der Waals surface area contributed by atoms with Gasteiger partial charge in [-0.2, -0.15) is 0 Å². The van der Waals surface area contributed by atoms with Crippen LogP contribution in [-0.4, -0.2) is 31.8 Å². The number of rotatable bonds is 6. The predicted octanol–water partition coefficient (Wildman–Crippen LogP) is 2.84. The Balaban J connectivity index is 1.51. The molecule has 0 aliphatic heterocycles. The number of fused-ring (bicyclic) bond motifs is 1. The topological polar surface area (TPSA) is 92.2 Å². The second-order valence-corrected chi connectivity index (χ2v) is 6.99. The Labute approximate surface area is 167 Å². The molecule has 4 aromatic rings. The number of H-pyrrole nitrogens is 1. The molecule has 0 unspecified atom stereocenters. The van der Waals surface area contributed by atoms with Crippen molar-refractivity contribution in [1.29, 1.82) is 0 Å². The number of nitrogens with zero attached hydrogens (tertiary/aromatic N) is 3. The van der Waals surface area contributed by atoms with Gasteiger partial charge in [0.2, 0.25) is 0 Å². The van der Waals surface area contributed by atoms with E-state index in [1.54, 1.807) is 6.20 Å². The maximum Gasteiger partial charge on any atom is 0.276 e. The number of carbonyl (C=O) groups is 1. The minimum absolute atomic E-state index is 0.0254. The van der Waals surface area contributed by atoms with Crippen LogP contribution in [-0.2, 0) is 6.42 Å². The van der Waals surface area contributed by atoms with Crippen LogP contribution in [0.1, 0.15) is 29.4 Å². The number of hydrogen-bond donors (Lipinski definition) is 2. The van der Waals surface area contributed by atoms with Gasteiger partial charge in [0.25, 0.3) is 11.5 Å². The Kier molecular flexibility index (Phi) is 5.20. The van der Waals surface area contributed by atoms with Gasteiger partial charge >= 0.3 is 0 Å². The van der Waals surface area contributed by atoms with E-state index in [0.29, 0.717) is 5.69 Å². The lowest BCUT2D eigenvalue weighted by atomic mass is 10.1. The standard InChI is InChI=1S/C22H21N5O2/c1-15(12-13-16-8-4-2-5-9-16)23-21(28)19-20-22(29)24-18(14-27(20)26-25-19)17-10-6-3-7-11-17/h2-11,14-15H,12-13H2,1H3,(H,23,28)(H,24,29)/t15-/m0/s1. The highest BCUT2D eigenvalue weighted by atomic mass is 16.2. The Morgan fingerprint density at radius 1 is 1.10 bits per heavy atom.